The number of anilines is 2. The Morgan fingerprint density at radius 3 is 2.60 bits per heavy atom. The van der Waals surface area contributed by atoms with E-state index in [9.17, 15) is 14.7 Å². The number of halogens is 2. The first kappa shape index (κ1) is 35.9. The van der Waals surface area contributed by atoms with Crippen LogP contribution >= 0.6 is 0 Å². The molecule has 0 bridgehead atoms. The summed E-state index contributed by atoms with van der Waals surface area (Å²) in [5, 5.41) is 26.8. The van der Waals surface area contributed by atoms with Gasteiger partial charge >= 0.3 is 0 Å². The molecule has 2 aromatic carbocycles. The molecule has 0 spiro atoms. The highest BCUT2D eigenvalue weighted by Crippen LogP contribution is 2.34. The number of quaternary nitrogens is 1. The minimum absolute atomic E-state index is 0.0178. The fourth-order valence-corrected chi connectivity index (χ4v) is 7.56. The quantitative estimate of drug-likeness (QED) is 0.190. The Labute approximate surface area is 305 Å². The molecule has 3 aromatic heterocycles. The third kappa shape index (κ3) is 7.55. The topological polar surface area (TPSA) is 155 Å². The number of benzene rings is 2. The largest absolute Gasteiger partial charge is 0.530 e. The van der Waals surface area contributed by atoms with Crippen LogP contribution in [0.15, 0.2) is 55.1 Å². The van der Waals surface area contributed by atoms with E-state index in [1.54, 1.807) is 35.8 Å². The number of ether oxygens (including phenoxy) is 1. The molecule has 2 amide bonds. The van der Waals surface area contributed by atoms with Gasteiger partial charge in [-0.25, -0.2) is 14.4 Å². The average molecular weight is 729 g/mol. The first-order valence-electron chi connectivity index (χ1n) is 17.8. The van der Waals surface area contributed by atoms with E-state index in [0.29, 0.717) is 35.1 Å². The van der Waals surface area contributed by atoms with E-state index in [-0.39, 0.29) is 40.9 Å². The number of amides is 2. The number of nitrogens with one attached hydrogen (secondary N) is 2. The molecule has 5 heterocycles. The van der Waals surface area contributed by atoms with Crippen molar-refractivity contribution < 1.29 is 32.7 Å². The molecule has 2 saturated heterocycles. The second kappa shape index (κ2) is 14.9. The van der Waals surface area contributed by atoms with E-state index in [1.165, 1.54) is 41.9 Å². The van der Waals surface area contributed by atoms with Gasteiger partial charge < -0.3 is 29.8 Å². The standard InChI is InChI=1S/C37H42F2N10O4/c1-4-25-17-26(5-6-27(25)36(50)48(37(51)52)21-23-10-15-49(3,16-11-23)22-24-9-12-40-18-24)44-34-35-42-19-29(47(35)14-13-41-34)28-7-8-30(33(39)32(28)38)53-31-20-43-46(2)45-31/h5-8,13-14,17,19-20,23-24,40H,4,9-12,15-16,18,21-22H2,1-3H3,(H-,41,44,50,51,52). The van der Waals surface area contributed by atoms with Crippen molar-refractivity contribution in [3.8, 4) is 22.9 Å². The zero-order valence-electron chi connectivity index (χ0n) is 29.9. The van der Waals surface area contributed by atoms with Crippen molar-refractivity contribution in [1.29, 1.82) is 0 Å². The van der Waals surface area contributed by atoms with Gasteiger partial charge in [-0.2, -0.15) is 14.3 Å². The van der Waals surface area contributed by atoms with Gasteiger partial charge in [-0.05, 0) is 61.2 Å². The molecule has 16 heteroatoms. The van der Waals surface area contributed by atoms with Crippen LogP contribution < -0.4 is 20.5 Å². The molecule has 2 N–H and O–H groups in total. The van der Waals surface area contributed by atoms with Crippen molar-refractivity contribution in [1.82, 2.24) is 39.6 Å². The van der Waals surface area contributed by atoms with Crippen LogP contribution in [0.25, 0.3) is 16.9 Å². The highest BCUT2D eigenvalue weighted by Gasteiger charge is 2.35. The number of imide groups is 1. The van der Waals surface area contributed by atoms with Gasteiger partial charge in [0.15, 0.2) is 23.0 Å². The normalized spacial score (nSPS) is 20.1. The van der Waals surface area contributed by atoms with Crippen molar-refractivity contribution in [3.05, 3.63) is 77.9 Å². The number of carbonyl (C=O) groups excluding carboxylic acids is 2. The number of nitrogens with zero attached hydrogens (tertiary/aromatic N) is 8. The van der Waals surface area contributed by atoms with Gasteiger partial charge in [-0.3, -0.25) is 14.1 Å². The number of imidazole rings is 1. The average Bonchev–Trinajstić information content (AvgIpc) is 3.92. The SMILES string of the molecule is CCc1cc(Nc2nccn3c(-c4ccc(Oc5cnn(C)n5)c(F)c4F)cnc23)ccc1C(=O)N(CC1CC[N+](C)(CC2CCNC2)CC1)C(=O)[O-]. The van der Waals surface area contributed by atoms with Crippen LogP contribution in [0.3, 0.4) is 0 Å². The molecule has 14 nitrogen and oxygen atoms in total. The molecule has 0 saturated carbocycles. The first-order valence-corrected chi connectivity index (χ1v) is 17.8. The summed E-state index contributed by atoms with van der Waals surface area (Å²) in [6.07, 6.45) is 7.61. The monoisotopic (exact) mass is 728 g/mol. The minimum atomic E-state index is -1.51. The summed E-state index contributed by atoms with van der Waals surface area (Å²) in [5.74, 6) is -2.18. The van der Waals surface area contributed by atoms with Gasteiger partial charge in [0.25, 0.3) is 11.8 Å². The summed E-state index contributed by atoms with van der Waals surface area (Å²) in [4.78, 5) is 37.0. The molecule has 1 unspecified atom stereocenters. The molecular weight excluding hydrogens is 686 g/mol. The molecule has 2 fully saturated rings. The number of likely N-dealkylation sites (tertiary alicyclic amines) is 1. The number of hydrogen-bond donors (Lipinski definition) is 2. The fourth-order valence-electron chi connectivity index (χ4n) is 7.56. The lowest BCUT2D eigenvalue weighted by Crippen LogP contribution is -2.54. The van der Waals surface area contributed by atoms with Crippen molar-refractivity contribution in [2.45, 2.75) is 32.6 Å². The fraction of sp³-hybridized carbons (Fsp3) is 0.405. The number of aromatic nitrogens is 6. The lowest BCUT2D eigenvalue weighted by Gasteiger charge is -2.43. The van der Waals surface area contributed by atoms with Crippen molar-refractivity contribution in [2.75, 3.05) is 51.6 Å². The van der Waals surface area contributed by atoms with E-state index in [2.05, 4.69) is 37.8 Å². The Bertz CT molecular complexity index is 2140. The van der Waals surface area contributed by atoms with E-state index in [0.717, 1.165) is 54.9 Å². The van der Waals surface area contributed by atoms with Gasteiger partial charge in [-0.15, -0.1) is 5.10 Å². The molecule has 0 radical (unpaired) electrons. The van der Waals surface area contributed by atoms with Gasteiger partial charge in [0.2, 0.25) is 5.82 Å². The lowest BCUT2D eigenvalue weighted by molar-refractivity contribution is -0.918. The highest BCUT2D eigenvalue weighted by molar-refractivity contribution is 6.03. The zero-order valence-corrected chi connectivity index (χ0v) is 29.9. The van der Waals surface area contributed by atoms with Crippen LogP contribution in [-0.4, -0.2) is 97.1 Å². The van der Waals surface area contributed by atoms with Crippen molar-refractivity contribution in [2.24, 2.45) is 18.9 Å². The third-order valence-electron chi connectivity index (χ3n) is 10.4. The summed E-state index contributed by atoms with van der Waals surface area (Å²) in [7, 11) is 3.85. The van der Waals surface area contributed by atoms with Crippen LogP contribution in [0.4, 0.5) is 25.1 Å². The molecule has 53 heavy (non-hydrogen) atoms. The maximum Gasteiger partial charge on any atom is 0.259 e. The molecule has 0 aliphatic carbocycles. The number of carbonyl (C=O) groups is 2. The van der Waals surface area contributed by atoms with Gasteiger partial charge in [0, 0.05) is 68.1 Å². The Hall–Kier alpha value is -5.48. The Balaban J connectivity index is 1.06. The summed E-state index contributed by atoms with van der Waals surface area (Å²) in [5.41, 5.74) is 2.07. The molecule has 278 valence electrons. The molecule has 5 aromatic rings. The number of rotatable bonds is 11. The van der Waals surface area contributed by atoms with Crippen LogP contribution in [0.1, 0.15) is 42.1 Å². The maximum absolute atomic E-state index is 15.4. The second-order valence-electron chi connectivity index (χ2n) is 14.2. The van der Waals surface area contributed by atoms with E-state index in [4.69, 9.17) is 4.74 Å². The Morgan fingerprint density at radius 1 is 1.09 bits per heavy atom. The highest BCUT2D eigenvalue weighted by atomic mass is 19.2. The Morgan fingerprint density at radius 2 is 1.91 bits per heavy atom. The van der Waals surface area contributed by atoms with E-state index < -0.39 is 23.6 Å². The summed E-state index contributed by atoms with van der Waals surface area (Å²) in [6.45, 7) is 7.12. The summed E-state index contributed by atoms with van der Waals surface area (Å²) in [6, 6.07) is 7.73. The first-order chi connectivity index (χ1) is 25.5. The van der Waals surface area contributed by atoms with Crippen molar-refractivity contribution in [3.63, 3.8) is 0 Å². The predicted octanol–water partition coefficient (Wildman–Crippen LogP) is 4.15. The van der Waals surface area contributed by atoms with Gasteiger partial charge in [0.05, 0.1) is 38.6 Å². The summed E-state index contributed by atoms with van der Waals surface area (Å²) >= 11 is 0. The minimum Gasteiger partial charge on any atom is -0.530 e. The van der Waals surface area contributed by atoms with Crippen LogP contribution in [0.2, 0.25) is 0 Å². The Kier molecular flexibility index (Phi) is 10.1. The van der Waals surface area contributed by atoms with Crippen LogP contribution in [0, 0.1) is 23.5 Å². The van der Waals surface area contributed by atoms with E-state index in [1.807, 2.05) is 6.92 Å². The molecule has 2 aliphatic heterocycles. The van der Waals surface area contributed by atoms with Crippen LogP contribution in [0.5, 0.6) is 11.6 Å². The molecular formula is C37H42F2N10O4. The van der Waals surface area contributed by atoms with Crippen LogP contribution in [-0.2, 0) is 13.5 Å². The second-order valence-corrected chi connectivity index (χ2v) is 14.2. The van der Waals surface area contributed by atoms with Gasteiger partial charge in [0.1, 0.15) is 12.3 Å². The number of carboxylic acid groups (broad SMARTS) is 1. The van der Waals surface area contributed by atoms with Crippen molar-refractivity contribution >= 4 is 29.2 Å². The van der Waals surface area contributed by atoms with Gasteiger partial charge in [-0.1, -0.05) is 6.92 Å². The number of hydrogen-bond acceptors (Lipinski definition) is 10. The molecule has 2 aliphatic rings. The number of piperidine rings is 1. The molecule has 1 atom stereocenters. The third-order valence-corrected chi connectivity index (χ3v) is 10.4. The smallest absolute Gasteiger partial charge is 0.259 e. The maximum atomic E-state index is 15.4. The molecule has 7 rings (SSSR count). The number of aryl methyl sites for hydroxylation is 2. The van der Waals surface area contributed by atoms with E-state index >= 15 is 8.78 Å². The predicted molar refractivity (Wildman–Crippen MR) is 189 cm³/mol. The lowest BCUT2D eigenvalue weighted by atomic mass is 9.93. The zero-order chi connectivity index (χ0) is 37.3. The number of fused-ring (bicyclic) bond motifs is 1. The summed E-state index contributed by atoms with van der Waals surface area (Å²) < 4.78 is 38.4.